The maximum absolute atomic E-state index is 13.0. The van der Waals surface area contributed by atoms with Gasteiger partial charge in [0.2, 0.25) is 0 Å². The molecule has 5 rings (SSSR count). The molecule has 0 radical (unpaired) electrons. The van der Waals surface area contributed by atoms with Crippen molar-refractivity contribution in [2.24, 2.45) is 0 Å². The van der Waals surface area contributed by atoms with Gasteiger partial charge in [-0.2, -0.15) is 0 Å². The molecule has 33 heavy (non-hydrogen) atoms. The highest BCUT2D eigenvalue weighted by Gasteiger charge is 2.21. The van der Waals surface area contributed by atoms with Crippen LogP contribution in [0.25, 0.3) is 16.0 Å². The summed E-state index contributed by atoms with van der Waals surface area (Å²) in [6.07, 6.45) is 5.36. The molecule has 2 aromatic heterocycles. The van der Waals surface area contributed by atoms with E-state index in [1.54, 1.807) is 10.6 Å². The number of anilines is 1. The molecule has 1 amide bonds. The van der Waals surface area contributed by atoms with E-state index in [4.69, 9.17) is 10.5 Å². The van der Waals surface area contributed by atoms with E-state index < -0.39 is 0 Å². The summed E-state index contributed by atoms with van der Waals surface area (Å²) in [6.45, 7) is 4.37. The van der Waals surface area contributed by atoms with Gasteiger partial charge in [0.1, 0.15) is 4.83 Å². The topological polar surface area (TPSA) is 102 Å². The van der Waals surface area contributed by atoms with E-state index in [2.05, 4.69) is 21.3 Å². The van der Waals surface area contributed by atoms with Gasteiger partial charge >= 0.3 is 0 Å². The summed E-state index contributed by atoms with van der Waals surface area (Å²) in [5.41, 5.74) is 8.11. The first kappa shape index (κ1) is 22.1. The number of carbonyl (C=O) groups is 1. The molecule has 1 aromatic carbocycles. The fraction of sp³-hybridized carbons (Fsp3) is 0.458. The standard InChI is InChI=1S/C24H29N5O3S/c25-21-24(31)29(18-6-4-5-16(13-18)15-28-9-2-1-3-10-28)19-14-20(33-23(19)27-21)22(30)26-17-7-11-32-12-8-17/h4-6,13-14,17H,1-3,7-12,15H2,(H2,25,27)(H,26,30). The van der Waals surface area contributed by atoms with Gasteiger partial charge in [-0.05, 0) is 62.5 Å². The Labute approximate surface area is 196 Å². The summed E-state index contributed by atoms with van der Waals surface area (Å²) in [5, 5.41) is 3.08. The summed E-state index contributed by atoms with van der Waals surface area (Å²) in [6, 6.07) is 9.84. The summed E-state index contributed by atoms with van der Waals surface area (Å²) in [7, 11) is 0. The number of nitrogens with zero attached hydrogens (tertiary/aromatic N) is 3. The Morgan fingerprint density at radius 2 is 1.97 bits per heavy atom. The summed E-state index contributed by atoms with van der Waals surface area (Å²) < 4.78 is 6.95. The third-order valence-electron chi connectivity index (χ3n) is 6.38. The van der Waals surface area contributed by atoms with Gasteiger partial charge in [0.05, 0.1) is 10.4 Å². The van der Waals surface area contributed by atoms with Crippen LogP contribution in [0.5, 0.6) is 0 Å². The van der Waals surface area contributed by atoms with Crippen molar-refractivity contribution >= 4 is 33.4 Å². The first-order valence-electron chi connectivity index (χ1n) is 11.6. The highest BCUT2D eigenvalue weighted by atomic mass is 32.1. The lowest BCUT2D eigenvalue weighted by Gasteiger charge is -2.26. The minimum atomic E-state index is -0.369. The Bertz CT molecular complexity index is 1210. The molecule has 0 spiro atoms. The van der Waals surface area contributed by atoms with Gasteiger partial charge < -0.3 is 15.8 Å². The maximum Gasteiger partial charge on any atom is 0.298 e. The Balaban J connectivity index is 1.47. The fourth-order valence-corrected chi connectivity index (χ4v) is 5.56. The van der Waals surface area contributed by atoms with E-state index in [0.29, 0.717) is 28.4 Å². The molecule has 0 saturated carbocycles. The zero-order valence-electron chi connectivity index (χ0n) is 18.6. The second kappa shape index (κ2) is 9.62. The van der Waals surface area contributed by atoms with Crippen molar-refractivity contribution in [1.82, 2.24) is 19.8 Å². The molecule has 8 nitrogen and oxygen atoms in total. The number of hydrogen-bond donors (Lipinski definition) is 2. The molecule has 2 saturated heterocycles. The van der Waals surface area contributed by atoms with Gasteiger partial charge in [-0.15, -0.1) is 11.3 Å². The molecule has 0 unspecified atom stereocenters. The third kappa shape index (κ3) is 4.80. The molecule has 9 heteroatoms. The molecule has 0 atom stereocenters. The number of benzene rings is 1. The van der Waals surface area contributed by atoms with Crippen LogP contribution in [0.2, 0.25) is 0 Å². The van der Waals surface area contributed by atoms with Crippen LogP contribution in [0.1, 0.15) is 47.3 Å². The number of thiophene rings is 1. The lowest BCUT2D eigenvalue weighted by molar-refractivity contribution is 0.0698. The largest absolute Gasteiger partial charge is 0.381 e. The number of nitrogens with one attached hydrogen (secondary N) is 1. The van der Waals surface area contributed by atoms with E-state index in [9.17, 15) is 9.59 Å². The Morgan fingerprint density at radius 3 is 2.76 bits per heavy atom. The minimum absolute atomic E-state index is 0.0674. The molecule has 0 bridgehead atoms. The van der Waals surface area contributed by atoms with Crippen LogP contribution >= 0.6 is 11.3 Å². The monoisotopic (exact) mass is 467 g/mol. The number of amides is 1. The number of ether oxygens (including phenoxy) is 1. The number of carbonyl (C=O) groups excluding carboxylic acids is 1. The number of hydrogen-bond acceptors (Lipinski definition) is 7. The predicted molar refractivity (Wildman–Crippen MR) is 130 cm³/mol. The lowest BCUT2D eigenvalue weighted by Crippen LogP contribution is -2.38. The van der Waals surface area contributed by atoms with Gasteiger partial charge in [0.15, 0.2) is 5.82 Å². The van der Waals surface area contributed by atoms with Crippen LogP contribution in [0.15, 0.2) is 35.1 Å². The number of piperidine rings is 1. The quantitative estimate of drug-likeness (QED) is 0.598. The minimum Gasteiger partial charge on any atom is -0.381 e. The summed E-state index contributed by atoms with van der Waals surface area (Å²) in [4.78, 5) is 33.7. The second-order valence-electron chi connectivity index (χ2n) is 8.81. The highest BCUT2D eigenvalue weighted by molar-refractivity contribution is 7.20. The van der Waals surface area contributed by atoms with E-state index in [1.165, 1.54) is 30.6 Å². The van der Waals surface area contributed by atoms with Gasteiger partial charge in [-0.25, -0.2) is 4.98 Å². The second-order valence-corrected chi connectivity index (χ2v) is 9.84. The van der Waals surface area contributed by atoms with Crippen molar-refractivity contribution in [1.29, 1.82) is 0 Å². The molecule has 3 N–H and O–H groups in total. The van der Waals surface area contributed by atoms with Gasteiger partial charge in [-0.1, -0.05) is 18.6 Å². The number of fused-ring (bicyclic) bond motifs is 1. The fourth-order valence-electron chi connectivity index (χ4n) is 4.63. The van der Waals surface area contributed by atoms with Gasteiger partial charge in [0, 0.05) is 31.5 Å². The van der Waals surface area contributed by atoms with Crippen molar-refractivity contribution in [3.63, 3.8) is 0 Å². The molecule has 2 fully saturated rings. The number of aromatic nitrogens is 2. The van der Waals surface area contributed by atoms with E-state index in [0.717, 1.165) is 43.7 Å². The summed E-state index contributed by atoms with van der Waals surface area (Å²) >= 11 is 1.26. The molecule has 2 aliphatic rings. The van der Waals surface area contributed by atoms with Gasteiger partial charge in [0.25, 0.3) is 11.5 Å². The third-order valence-corrected chi connectivity index (χ3v) is 7.40. The van der Waals surface area contributed by atoms with Crippen molar-refractivity contribution in [2.45, 2.75) is 44.7 Å². The SMILES string of the molecule is Nc1nc2sc(C(=O)NC3CCOCC3)cc2n(-c2cccc(CN3CCCCC3)c2)c1=O. The van der Waals surface area contributed by atoms with Gasteiger partial charge in [-0.3, -0.25) is 19.1 Å². The van der Waals surface area contributed by atoms with Crippen LogP contribution < -0.4 is 16.6 Å². The number of nitrogen functional groups attached to an aromatic ring is 1. The molecule has 4 heterocycles. The van der Waals surface area contributed by atoms with E-state index in [-0.39, 0.29) is 23.3 Å². The lowest BCUT2D eigenvalue weighted by atomic mass is 10.1. The van der Waals surface area contributed by atoms with Crippen LogP contribution in [-0.2, 0) is 11.3 Å². The van der Waals surface area contributed by atoms with Crippen molar-refractivity contribution < 1.29 is 9.53 Å². The van der Waals surface area contributed by atoms with Crippen LogP contribution in [0, 0.1) is 0 Å². The predicted octanol–water partition coefficient (Wildman–Crippen LogP) is 2.92. The zero-order chi connectivity index (χ0) is 22.8. The molecular weight excluding hydrogens is 438 g/mol. The average Bonchev–Trinajstić information content (AvgIpc) is 3.25. The first-order valence-corrected chi connectivity index (χ1v) is 12.4. The summed E-state index contributed by atoms with van der Waals surface area (Å²) in [5.74, 6) is -0.219. The molecular formula is C24H29N5O3S. The first-order chi connectivity index (χ1) is 16.1. The molecule has 3 aromatic rings. The average molecular weight is 468 g/mol. The van der Waals surface area contributed by atoms with Crippen LogP contribution in [0.4, 0.5) is 5.82 Å². The highest BCUT2D eigenvalue weighted by Crippen LogP contribution is 2.27. The smallest absolute Gasteiger partial charge is 0.298 e. The van der Waals surface area contributed by atoms with E-state index in [1.807, 2.05) is 18.2 Å². The number of rotatable bonds is 5. The normalized spacial score (nSPS) is 17.9. The van der Waals surface area contributed by atoms with Crippen LogP contribution in [0.3, 0.4) is 0 Å². The number of likely N-dealkylation sites (tertiary alicyclic amines) is 1. The van der Waals surface area contributed by atoms with Crippen molar-refractivity contribution in [3.8, 4) is 5.69 Å². The Kier molecular flexibility index (Phi) is 6.43. The number of nitrogens with two attached hydrogens (primary N) is 1. The Morgan fingerprint density at radius 1 is 1.18 bits per heavy atom. The Hall–Kier alpha value is -2.75. The zero-order valence-corrected chi connectivity index (χ0v) is 19.4. The molecule has 0 aliphatic carbocycles. The molecule has 2 aliphatic heterocycles. The maximum atomic E-state index is 13.0. The molecule has 174 valence electrons. The van der Waals surface area contributed by atoms with Crippen molar-refractivity contribution in [3.05, 3.63) is 51.1 Å². The van der Waals surface area contributed by atoms with Crippen LogP contribution in [-0.4, -0.2) is 52.7 Å². The van der Waals surface area contributed by atoms with E-state index >= 15 is 0 Å². The van der Waals surface area contributed by atoms with Crippen molar-refractivity contribution in [2.75, 3.05) is 32.0 Å².